The minimum absolute atomic E-state index is 0.0185. The first-order chi connectivity index (χ1) is 13.6. The van der Waals surface area contributed by atoms with Gasteiger partial charge in [0.15, 0.2) is 5.17 Å². The Kier molecular flexibility index (Phi) is 5.43. The Labute approximate surface area is 167 Å². The minimum Gasteiger partial charge on any atom is -0.315 e. The van der Waals surface area contributed by atoms with E-state index in [1.54, 1.807) is 16.8 Å². The second kappa shape index (κ2) is 8.14. The fourth-order valence-corrected chi connectivity index (χ4v) is 4.16. The van der Waals surface area contributed by atoms with Crippen LogP contribution >= 0.6 is 11.8 Å². The molecule has 0 bridgehead atoms. The van der Waals surface area contributed by atoms with Crippen LogP contribution in [0.4, 0.5) is 11.4 Å². The largest absolute Gasteiger partial charge is 0.315 e. The van der Waals surface area contributed by atoms with Crippen molar-refractivity contribution in [1.29, 1.82) is 0 Å². The predicted molar refractivity (Wildman–Crippen MR) is 112 cm³/mol. The van der Waals surface area contributed by atoms with Gasteiger partial charge in [-0.05, 0) is 24.3 Å². The molecule has 8 heteroatoms. The average molecular weight is 395 g/mol. The lowest BCUT2D eigenvalue weighted by molar-refractivity contribution is -0.121. The Bertz CT molecular complexity index is 890. The maximum absolute atomic E-state index is 13.1. The summed E-state index contributed by atoms with van der Waals surface area (Å²) in [6, 6.07) is 18.9. The lowest BCUT2D eigenvalue weighted by Gasteiger charge is -2.32. The van der Waals surface area contributed by atoms with Crippen LogP contribution in [0.3, 0.4) is 0 Å². The van der Waals surface area contributed by atoms with Gasteiger partial charge in [0.1, 0.15) is 6.17 Å². The number of carbonyl (C=O) groups excluding carboxylic acids is 2. The Morgan fingerprint density at radius 3 is 2.57 bits per heavy atom. The zero-order chi connectivity index (χ0) is 19.5. The quantitative estimate of drug-likeness (QED) is 0.826. The van der Waals surface area contributed by atoms with E-state index >= 15 is 0 Å². The molecule has 2 heterocycles. The van der Waals surface area contributed by atoms with Gasteiger partial charge < -0.3 is 4.90 Å². The van der Waals surface area contributed by atoms with Crippen molar-refractivity contribution in [3.63, 3.8) is 0 Å². The molecular weight excluding hydrogens is 374 g/mol. The maximum Gasteiger partial charge on any atom is 0.241 e. The summed E-state index contributed by atoms with van der Waals surface area (Å²) in [6.07, 6.45) is -0.308. The average Bonchev–Trinajstić information content (AvgIpc) is 3.22. The SMILES string of the molecule is CN(C(=O)CSC1=NC2NNCC2C(=O)N1c1ccccc1)c1ccccc1. The fraction of sp³-hybridized carbons (Fsp3) is 0.250. The number of anilines is 2. The van der Waals surface area contributed by atoms with E-state index in [1.807, 2.05) is 60.7 Å². The lowest BCUT2D eigenvalue weighted by Crippen LogP contribution is -2.49. The van der Waals surface area contributed by atoms with Crippen molar-refractivity contribution in [2.45, 2.75) is 6.17 Å². The molecule has 2 unspecified atom stereocenters. The Morgan fingerprint density at radius 2 is 1.86 bits per heavy atom. The van der Waals surface area contributed by atoms with Crippen LogP contribution < -0.4 is 20.7 Å². The van der Waals surface area contributed by atoms with Crippen molar-refractivity contribution in [2.75, 3.05) is 29.1 Å². The summed E-state index contributed by atoms with van der Waals surface area (Å²) in [5.74, 6) is -0.146. The number of benzene rings is 2. The first-order valence-electron chi connectivity index (χ1n) is 9.05. The van der Waals surface area contributed by atoms with Gasteiger partial charge >= 0.3 is 0 Å². The predicted octanol–water partition coefficient (Wildman–Crippen LogP) is 1.84. The lowest BCUT2D eigenvalue weighted by atomic mass is 10.1. The van der Waals surface area contributed by atoms with Gasteiger partial charge in [-0.3, -0.25) is 19.9 Å². The number of amidine groups is 1. The highest BCUT2D eigenvalue weighted by Gasteiger charge is 2.42. The van der Waals surface area contributed by atoms with Gasteiger partial charge in [-0.15, -0.1) is 0 Å². The monoisotopic (exact) mass is 395 g/mol. The Morgan fingerprint density at radius 1 is 1.18 bits per heavy atom. The van der Waals surface area contributed by atoms with E-state index in [4.69, 9.17) is 4.99 Å². The second-order valence-corrected chi connectivity index (χ2v) is 7.52. The molecule has 2 atom stereocenters. The summed E-state index contributed by atoms with van der Waals surface area (Å²) in [6.45, 7) is 0.532. The number of para-hydroxylation sites is 2. The molecule has 28 heavy (non-hydrogen) atoms. The zero-order valence-corrected chi connectivity index (χ0v) is 16.2. The Hall–Kier alpha value is -2.68. The van der Waals surface area contributed by atoms with Crippen LogP contribution in [0, 0.1) is 5.92 Å². The van der Waals surface area contributed by atoms with Gasteiger partial charge in [-0.1, -0.05) is 48.2 Å². The van der Waals surface area contributed by atoms with E-state index in [0.29, 0.717) is 11.7 Å². The number of thioether (sulfide) groups is 1. The van der Waals surface area contributed by atoms with E-state index in [1.165, 1.54) is 11.8 Å². The van der Waals surface area contributed by atoms with Crippen molar-refractivity contribution in [3.8, 4) is 0 Å². The van der Waals surface area contributed by atoms with Gasteiger partial charge in [0, 0.05) is 19.3 Å². The molecule has 1 saturated heterocycles. The first-order valence-corrected chi connectivity index (χ1v) is 10.0. The molecule has 2 aromatic rings. The molecule has 2 N–H and O–H groups in total. The van der Waals surface area contributed by atoms with Crippen LogP contribution in [0.1, 0.15) is 0 Å². The van der Waals surface area contributed by atoms with Crippen LogP contribution in [0.5, 0.6) is 0 Å². The Balaban J connectivity index is 1.54. The van der Waals surface area contributed by atoms with Crippen molar-refractivity contribution < 1.29 is 9.59 Å². The maximum atomic E-state index is 13.1. The van der Waals surface area contributed by atoms with Crippen LogP contribution in [-0.4, -0.2) is 42.5 Å². The molecule has 2 amide bonds. The smallest absolute Gasteiger partial charge is 0.241 e. The number of nitrogens with one attached hydrogen (secondary N) is 2. The number of nitrogens with zero attached hydrogens (tertiary/aromatic N) is 3. The van der Waals surface area contributed by atoms with Gasteiger partial charge in [0.2, 0.25) is 11.8 Å². The van der Waals surface area contributed by atoms with Crippen LogP contribution in [0.2, 0.25) is 0 Å². The standard InChI is InChI=1S/C20H21N5O2S/c1-24(14-8-4-2-5-9-14)17(26)13-28-20-22-18-16(12-21-23-18)19(27)25(20)15-10-6-3-7-11-15/h2-11,16,18,21,23H,12-13H2,1H3. The van der Waals surface area contributed by atoms with Gasteiger partial charge in [0.05, 0.1) is 17.4 Å². The fourth-order valence-electron chi connectivity index (χ4n) is 3.20. The molecule has 1 fully saturated rings. The number of fused-ring (bicyclic) bond motifs is 1. The molecule has 0 aliphatic carbocycles. The summed E-state index contributed by atoms with van der Waals surface area (Å²) in [4.78, 5) is 33.7. The zero-order valence-electron chi connectivity index (χ0n) is 15.4. The third-order valence-corrected chi connectivity index (χ3v) is 5.73. The van der Waals surface area contributed by atoms with Crippen LogP contribution in [-0.2, 0) is 9.59 Å². The highest BCUT2D eigenvalue weighted by atomic mass is 32.2. The molecule has 2 aliphatic rings. The topological polar surface area (TPSA) is 77.0 Å². The van der Waals surface area contributed by atoms with E-state index in [-0.39, 0.29) is 29.7 Å². The molecule has 0 saturated carbocycles. The number of rotatable bonds is 4. The number of amides is 2. The molecule has 0 spiro atoms. The molecular formula is C20H21N5O2S. The normalized spacial score (nSPS) is 21.2. The van der Waals surface area contributed by atoms with Crippen molar-refractivity contribution in [2.24, 2.45) is 10.9 Å². The number of hydrazine groups is 1. The van der Waals surface area contributed by atoms with E-state index in [0.717, 1.165) is 11.4 Å². The number of aliphatic imine (C=N–C) groups is 1. The first kappa shape index (κ1) is 18.7. The summed E-state index contributed by atoms with van der Waals surface area (Å²) < 4.78 is 0. The van der Waals surface area contributed by atoms with E-state index in [2.05, 4.69) is 10.9 Å². The molecule has 7 nitrogen and oxygen atoms in total. The third-order valence-electron chi connectivity index (χ3n) is 4.79. The summed E-state index contributed by atoms with van der Waals surface area (Å²) in [7, 11) is 1.75. The number of hydrogen-bond acceptors (Lipinski definition) is 6. The van der Waals surface area contributed by atoms with Crippen molar-refractivity contribution in [1.82, 2.24) is 10.9 Å². The van der Waals surface area contributed by atoms with Gasteiger partial charge in [-0.2, -0.15) is 0 Å². The number of carbonyl (C=O) groups is 2. The van der Waals surface area contributed by atoms with Crippen molar-refractivity contribution >= 4 is 40.1 Å². The number of hydrogen-bond donors (Lipinski definition) is 2. The molecule has 0 aromatic heterocycles. The summed E-state index contributed by atoms with van der Waals surface area (Å²) >= 11 is 1.28. The molecule has 144 valence electrons. The second-order valence-electron chi connectivity index (χ2n) is 6.57. The highest BCUT2D eigenvalue weighted by Crippen LogP contribution is 2.29. The molecule has 4 rings (SSSR count). The molecule has 2 aromatic carbocycles. The summed E-state index contributed by atoms with van der Waals surface area (Å²) in [5.41, 5.74) is 7.62. The summed E-state index contributed by atoms with van der Waals surface area (Å²) in [5, 5.41) is 0.531. The molecule has 2 aliphatic heterocycles. The van der Waals surface area contributed by atoms with Gasteiger partial charge in [-0.25, -0.2) is 10.4 Å². The van der Waals surface area contributed by atoms with E-state index in [9.17, 15) is 9.59 Å². The highest BCUT2D eigenvalue weighted by molar-refractivity contribution is 8.14. The van der Waals surface area contributed by atoms with E-state index < -0.39 is 0 Å². The van der Waals surface area contributed by atoms with Crippen LogP contribution in [0.25, 0.3) is 0 Å². The van der Waals surface area contributed by atoms with Crippen LogP contribution in [0.15, 0.2) is 65.7 Å². The van der Waals surface area contributed by atoms with Gasteiger partial charge in [0.25, 0.3) is 0 Å². The van der Waals surface area contributed by atoms with Crippen molar-refractivity contribution in [3.05, 3.63) is 60.7 Å². The molecule has 0 radical (unpaired) electrons. The minimum atomic E-state index is -0.308. The third kappa shape index (κ3) is 3.66.